The van der Waals surface area contributed by atoms with Crippen LogP contribution in [0.1, 0.15) is 6.92 Å². The first-order chi connectivity index (χ1) is 12.1. The van der Waals surface area contributed by atoms with Crippen molar-refractivity contribution >= 4 is 27.7 Å². The topological polar surface area (TPSA) is 56.5 Å². The van der Waals surface area contributed by atoms with Crippen molar-refractivity contribution in [3.8, 4) is 16.9 Å². The van der Waals surface area contributed by atoms with Crippen LogP contribution in [-0.4, -0.2) is 5.97 Å². The number of hydrogen-bond acceptors (Lipinski definition) is 4. The van der Waals surface area contributed by atoms with Crippen LogP contribution in [0.15, 0.2) is 75.9 Å². The fourth-order valence-electron chi connectivity index (χ4n) is 2.88. The summed E-state index contributed by atoms with van der Waals surface area (Å²) in [5, 5.41) is 2.94. The second kappa shape index (κ2) is 5.91. The highest BCUT2D eigenvalue weighted by Crippen LogP contribution is 2.26. The molecule has 3 aromatic carbocycles. The van der Waals surface area contributed by atoms with Gasteiger partial charge in [0.2, 0.25) is 0 Å². The summed E-state index contributed by atoms with van der Waals surface area (Å²) >= 11 is 0. The van der Waals surface area contributed by atoms with Crippen LogP contribution in [0.2, 0.25) is 0 Å². The van der Waals surface area contributed by atoms with Gasteiger partial charge in [0.1, 0.15) is 11.3 Å². The van der Waals surface area contributed by atoms with Crippen molar-refractivity contribution in [2.45, 2.75) is 6.92 Å². The third-order valence-electron chi connectivity index (χ3n) is 4.03. The Kier molecular flexibility index (Phi) is 3.58. The molecule has 0 aliphatic rings. The zero-order valence-electron chi connectivity index (χ0n) is 13.5. The highest BCUT2D eigenvalue weighted by molar-refractivity contribution is 5.89. The minimum Gasteiger partial charge on any atom is -0.427 e. The lowest BCUT2D eigenvalue weighted by Gasteiger charge is -2.06. The van der Waals surface area contributed by atoms with Crippen LogP contribution in [-0.2, 0) is 4.79 Å². The van der Waals surface area contributed by atoms with E-state index in [1.807, 2.05) is 42.5 Å². The van der Waals surface area contributed by atoms with Crippen LogP contribution < -0.4 is 10.4 Å². The quantitative estimate of drug-likeness (QED) is 0.308. The molecule has 0 aliphatic heterocycles. The highest BCUT2D eigenvalue weighted by Gasteiger charge is 2.10. The minimum atomic E-state index is -0.428. The molecule has 4 rings (SSSR count). The zero-order valence-corrected chi connectivity index (χ0v) is 13.5. The summed E-state index contributed by atoms with van der Waals surface area (Å²) in [6.07, 6.45) is 0. The van der Waals surface area contributed by atoms with Crippen LogP contribution >= 0.6 is 0 Å². The van der Waals surface area contributed by atoms with E-state index in [0.29, 0.717) is 16.9 Å². The maximum Gasteiger partial charge on any atom is 0.344 e. The van der Waals surface area contributed by atoms with Crippen molar-refractivity contribution in [2.75, 3.05) is 0 Å². The second-order valence-corrected chi connectivity index (χ2v) is 5.80. The number of esters is 1. The molecule has 25 heavy (non-hydrogen) atoms. The summed E-state index contributed by atoms with van der Waals surface area (Å²) in [5.74, 6) is -0.0731. The molecule has 0 N–H and O–H groups in total. The molecular weight excluding hydrogens is 316 g/mol. The molecule has 0 aliphatic carbocycles. The molecular formula is C21H14O4. The lowest BCUT2D eigenvalue weighted by atomic mass is 10.0. The Morgan fingerprint density at radius 1 is 0.880 bits per heavy atom. The van der Waals surface area contributed by atoms with Gasteiger partial charge in [-0.05, 0) is 40.6 Å². The third-order valence-corrected chi connectivity index (χ3v) is 4.03. The van der Waals surface area contributed by atoms with E-state index in [9.17, 15) is 9.59 Å². The molecule has 0 atom stereocenters. The smallest absolute Gasteiger partial charge is 0.344 e. The van der Waals surface area contributed by atoms with E-state index < -0.39 is 11.6 Å². The number of hydrogen-bond donors (Lipinski definition) is 0. The fraction of sp³-hybridized carbons (Fsp3) is 0.0476. The Morgan fingerprint density at radius 2 is 1.64 bits per heavy atom. The zero-order chi connectivity index (χ0) is 17.4. The molecule has 0 spiro atoms. The molecule has 0 saturated carbocycles. The molecule has 0 bridgehead atoms. The van der Waals surface area contributed by atoms with Crippen molar-refractivity contribution < 1.29 is 13.9 Å². The summed E-state index contributed by atoms with van der Waals surface area (Å²) in [5.41, 5.74) is 1.26. The van der Waals surface area contributed by atoms with Crippen molar-refractivity contribution in [2.24, 2.45) is 0 Å². The standard InChI is InChI=1S/C21H14O4/c1-13(22)24-18-9-8-17-11-19(21(23)25-20(17)12-18)16-7-6-14-4-2-3-5-15(14)10-16/h2-12H,1H3. The lowest BCUT2D eigenvalue weighted by Crippen LogP contribution is -2.04. The van der Waals surface area contributed by atoms with Gasteiger partial charge in [0.05, 0.1) is 5.56 Å². The van der Waals surface area contributed by atoms with Crippen LogP contribution in [0.5, 0.6) is 5.75 Å². The van der Waals surface area contributed by atoms with Crippen molar-refractivity contribution in [3.05, 3.63) is 77.2 Å². The van der Waals surface area contributed by atoms with E-state index in [0.717, 1.165) is 21.7 Å². The van der Waals surface area contributed by atoms with Crippen molar-refractivity contribution in [1.29, 1.82) is 0 Å². The Labute approximate surface area is 143 Å². The van der Waals surface area contributed by atoms with Gasteiger partial charge in [-0.3, -0.25) is 4.79 Å². The average molecular weight is 330 g/mol. The molecule has 4 heteroatoms. The Balaban J connectivity index is 1.85. The van der Waals surface area contributed by atoms with E-state index in [-0.39, 0.29) is 0 Å². The number of rotatable bonds is 2. The SMILES string of the molecule is CC(=O)Oc1ccc2cc(-c3ccc4ccccc4c3)c(=O)oc2c1. The van der Waals surface area contributed by atoms with E-state index in [2.05, 4.69) is 0 Å². The van der Waals surface area contributed by atoms with E-state index in [1.54, 1.807) is 24.3 Å². The van der Waals surface area contributed by atoms with E-state index in [1.165, 1.54) is 6.92 Å². The molecule has 1 heterocycles. The van der Waals surface area contributed by atoms with Gasteiger partial charge in [0.15, 0.2) is 0 Å². The van der Waals surface area contributed by atoms with Crippen LogP contribution in [0.3, 0.4) is 0 Å². The molecule has 0 fully saturated rings. The predicted octanol–water partition coefficient (Wildman–Crippen LogP) is 4.54. The largest absolute Gasteiger partial charge is 0.427 e. The van der Waals surface area contributed by atoms with Crippen LogP contribution in [0.25, 0.3) is 32.9 Å². The first-order valence-corrected chi connectivity index (χ1v) is 7.86. The van der Waals surface area contributed by atoms with Gasteiger partial charge in [-0.1, -0.05) is 36.4 Å². The molecule has 1 aromatic heterocycles. The van der Waals surface area contributed by atoms with Crippen molar-refractivity contribution in [3.63, 3.8) is 0 Å². The first-order valence-electron chi connectivity index (χ1n) is 7.86. The summed E-state index contributed by atoms with van der Waals surface area (Å²) in [6, 6.07) is 20.6. The second-order valence-electron chi connectivity index (χ2n) is 5.80. The predicted molar refractivity (Wildman–Crippen MR) is 96.7 cm³/mol. The summed E-state index contributed by atoms with van der Waals surface area (Å²) in [7, 11) is 0. The van der Waals surface area contributed by atoms with Gasteiger partial charge in [0, 0.05) is 18.4 Å². The number of ether oxygens (including phenoxy) is 1. The summed E-state index contributed by atoms with van der Waals surface area (Å²) in [6.45, 7) is 1.32. The highest BCUT2D eigenvalue weighted by atomic mass is 16.5. The Morgan fingerprint density at radius 3 is 2.44 bits per heavy atom. The summed E-state index contributed by atoms with van der Waals surface area (Å²) in [4.78, 5) is 23.5. The maximum absolute atomic E-state index is 12.4. The van der Waals surface area contributed by atoms with Gasteiger partial charge in [-0.2, -0.15) is 0 Å². The van der Waals surface area contributed by atoms with E-state index >= 15 is 0 Å². The van der Waals surface area contributed by atoms with Gasteiger partial charge < -0.3 is 9.15 Å². The van der Waals surface area contributed by atoms with E-state index in [4.69, 9.17) is 9.15 Å². The van der Waals surface area contributed by atoms with Gasteiger partial charge in [0.25, 0.3) is 0 Å². The molecule has 4 aromatic rings. The third kappa shape index (κ3) is 2.90. The summed E-state index contributed by atoms with van der Waals surface area (Å²) < 4.78 is 10.5. The normalized spacial score (nSPS) is 10.9. The minimum absolute atomic E-state index is 0.349. The maximum atomic E-state index is 12.4. The average Bonchev–Trinajstić information content (AvgIpc) is 2.60. The number of benzene rings is 3. The lowest BCUT2D eigenvalue weighted by molar-refractivity contribution is -0.131. The number of carbonyl (C=O) groups is 1. The number of fused-ring (bicyclic) bond motifs is 2. The molecule has 122 valence electrons. The Bertz CT molecular complexity index is 1170. The van der Waals surface area contributed by atoms with Gasteiger partial charge in [-0.25, -0.2) is 4.79 Å². The first kappa shape index (κ1) is 15.1. The van der Waals surface area contributed by atoms with Crippen molar-refractivity contribution in [1.82, 2.24) is 0 Å². The monoisotopic (exact) mass is 330 g/mol. The molecule has 0 radical (unpaired) electrons. The number of carbonyl (C=O) groups excluding carboxylic acids is 1. The molecule has 0 unspecified atom stereocenters. The molecule has 0 saturated heterocycles. The fourth-order valence-corrected chi connectivity index (χ4v) is 2.88. The van der Waals surface area contributed by atoms with Crippen LogP contribution in [0, 0.1) is 0 Å². The Hall–Kier alpha value is -3.40. The molecule has 0 amide bonds. The van der Waals surface area contributed by atoms with Crippen LogP contribution in [0.4, 0.5) is 0 Å². The molecule has 4 nitrogen and oxygen atoms in total. The van der Waals surface area contributed by atoms with Gasteiger partial charge >= 0.3 is 11.6 Å². The van der Waals surface area contributed by atoms with Gasteiger partial charge in [-0.15, -0.1) is 0 Å².